The number of carbonyl (C=O) groups is 1. The number of aromatic nitrogens is 6. The van der Waals surface area contributed by atoms with Crippen LogP contribution in [0.15, 0.2) is 79.4 Å². The van der Waals surface area contributed by atoms with Gasteiger partial charge in [0, 0.05) is 60.1 Å². The van der Waals surface area contributed by atoms with Crippen LogP contribution in [0.25, 0.3) is 33.3 Å². The number of nitrogens with one attached hydrogen (secondary N) is 2. The molecule has 0 bridgehead atoms. The molecule has 0 unspecified atom stereocenters. The molecule has 2 N–H and O–H groups in total. The largest absolute Gasteiger partial charge is 0.359 e. The minimum Gasteiger partial charge on any atom is -0.359 e. The van der Waals surface area contributed by atoms with E-state index < -0.39 is 0 Å². The van der Waals surface area contributed by atoms with E-state index >= 15 is 0 Å². The highest BCUT2D eigenvalue weighted by Gasteiger charge is 2.30. The lowest BCUT2D eigenvalue weighted by atomic mass is 10.0. The van der Waals surface area contributed by atoms with Gasteiger partial charge in [0.25, 0.3) is 5.91 Å². The highest BCUT2D eigenvalue weighted by molar-refractivity contribution is 6.15. The molecule has 1 aliphatic heterocycles. The van der Waals surface area contributed by atoms with E-state index in [1.54, 1.807) is 17.1 Å². The number of benzene rings is 2. The zero-order valence-electron chi connectivity index (χ0n) is 22.3. The number of aromatic amines is 1. The Hall–Kier alpha value is -5.31. The number of fused-ring (bicyclic) bond motifs is 2. The molecule has 9 heteroatoms. The first-order valence-electron chi connectivity index (χ1n) is 13.0. The topological polar surface area (TPSA) is 105 Å². The van der Waals surface area contributed by atoms with E-state index in [1.165, 1.54) is 0 Å². The van der Waals surface area contributed by atoms with E-state index in [4.69, 9.17) is 4.98 Å². The van der Waals surface area contributed by atoms with E-state index in [9.17, 15) is 4.79 Å². The molecule has 0 atom stereocenters. The van der Waals surface area contributed by atoms with Gasteiger partial charge in [0.15, 0.2) is 5.82 Å². The molecule has 9 nitrogen and oxygen atoms in total. The van der Waals surface area contributed by atoms with Crippen LogP contribution in [0.3, 0.4) is 0 Å². The molecule has 0 aliphatic carbocycles. The molecule has 0 radical (unpaired) electrons. The number of anilines is 3. The Morgan fingerprint density at radius 1 is 0.975 bits per heavy atom. The van der Waals surface area contributed by atoms with Crippen molar-refractivity contribution in [3.05, 3.63) is 102 Å². The van der Waals surface area contributed by atoms with Gasteiger partial charge in [0.2, 0.25) is 5.95 Å². The fourth-order valence-electron chi connectivity index (χ4n) is 5.29. The van der Waals surface area contributed by atoms with Crippen molar-refractivity contribution in [1.82, 2.24) is 29.7 Å². The Bertz CT molecular complexity index is 1900. The number of pyridine rings is 1. The number of H-pyrrole nitrogens is 1. The average Bonchev–Trinajstić information content (AvgIpc) is 3.64. The van der Waals surface area contributed by atoms with Crippen LogP contribution in [0.2, 0.25) is 0 Å². The molecular formula is C31H26N8O. The lowest BCUT2D eigenvalue weighted by Crippen LogP contribution is -2.23. The summed E-state index contributed by atoms with van der Waals surface area (Å²) in [7, 11) is 1.90. The van der Waals surface area contributed by atoms with E-state index in [1.807, 2.05) is 80.7 Å². The maximum Gasteiger partial charge on any atom is 0.259 e. The summed E-state index contributed by atoms with van der Waals surface area (Å²) in [4.78, 5) is 32.3. The van der Waals surface area contributed by atoms with Gasteiger partial charge >= 0.3 is 0 Å². The maximum absolute atomic E-state index is 13.7. The quantitative estimate of drug-likeness (QED) is 0.288. The van der Waals surface area contributed by atoms with Gasteiger partial charge in [0.1, 0.15) is 0 Å². The first-order valence-corrected chi connectivity index (χ1v) is 13.0. The minimum atomic E-state index is -0.00934. The summed E-state index contributed by atoms with van der Waals surface area (Å²) < 4.78 is 1.80. The highest BCUT2D eigenvalue weighted by Crippen LogP contribution is 2.38. The van der Waals surface area contributed by atoms with Gasteiger partial charge in [-0.25, -0.2) is 9.97 Å². The van der Waals surface area contributed by atoms with E-state index in [0.29, 0.717) is 18.3 Å². The van der Waals surface area contributed by atoms with Gasteiger partial charge in [-0.05, 0) is 60.4 Å². The van der Waals surface area contributed by atoms with Crippen LogP contribution in [0.1, 0.15) is 27.2 Å². The zero-order chi connectivity index (χ0) is 27.4. The number of hydrogen-bond donors (Lipinski definition) is 2. The van der Waals surface area contributed by atoms with Crippen LogP contribution in [0.4, 0.5) is 17.5 Å². The van der Waals surface area contributed by atoms with Crippen molar-refractivity contribution in [2.45, 2.75) is 20.4 Å². The van der Waals surface area contributed by atoms with Crippen LogP contribution in [-0.2, 0) is 13.6 Å². The van der Waals surface area contributed by atoms with Crippen molar-refractivity contribution in [3.8, 4) is 22.4 Å². The number of rotatable bonds is 5. The minimum absolute atomic E-state index is 0.00934. The summed E-state index contributed by atoms with van der Waals surface area (Å²) in [6.45, 7) is 4.50. The SMILES string of the molecule is Cc1cnc(Nc2cc(C)n(C)n2)nc1-c1c[nH]c2c(N3Cc4ccc(-c5ccncc5)cc4C3=O)cccc12. The average molecular weight is 527 g/mol. The summed E-state index contributed by atoms with van der Waals surface area (Å²) in [6, 6.07) is 18.0. The molecule has 4 aromatic heterocycles. The van der Waals surface area contributed by atoms with Crippen molar-refractivity contribution < 1.29 is 4.79 Å². The van der Waals surface area contributed by atoms with Gasteiger partial charge in [-0.15, -0.1) is 0 Å². The Balaban J connectivity index is 1.24. The molecular weight excluding hydrogens is 500 g/mol. The molecule has 2 aromatic carbocycles. The Kier molecular flexibility index (Phi) is 5.45. The summed E-state index contributed by atoms with van der Waals surface area (Å²) in [5.74, 6) is 1.15. The standard InChI is InChI=1S/C31H26N8O/c1-18-15-34-31(35-27-13-19(2)38(3)37-27)36-28(18)25-16-33-29-23(25)5-4-6-26(29)39-17-22-8-7-21(14-24(22)30(39)40)20-9-11-32-12-10-20/h4-16,33H,17H2,1-3H3,(H,34,35,36,37). The third-order valence-electron chi connectivity index (χ3n) is 7.49. The van der Waals surface area contributed by atoms with Crippen molar-refractivity contribution in [3.63, 3.8) is 0 Å². The number of para-hydroxylation sites is 1. The summed E-state index contributed by atoms with van der Waals surface area (Å²) in [6.07, 6.45) is 7.29. The predicted molar refractivity (Wildman–Crippen MR) is 155 cm³/mol. The molecule has 7 rings (SSSR count). The first kappa shape index (κ1) is 23.8. The van der Waals surface area contributed by atoms with Crippen LogP contribution < -0.4 is 10.2 Å². The monoisotopic (exact) mass is 526 g/mol. The number of amides is 1. The second-order valence-electron chi connectivity index (χ2n) is 10.0. The van der Waals surface area contributed by atoms with Crippen LogP contribution in [0.5, 0.6) is 0 Å². The Morgan fingerprint density at radius 3 is 2.62 bits per heavy atom. The molecule has 196 valence electrons. The number of aryl methyl sites for hydroxylation is 3. The fraction of sp³-hybridized carbons (Fsp3) is 0.129. The predicted octanol–water partition coefficient (Wildman–Crippen LogP) is 5.94. The Morgan fingerprint density at radius 2 is 1.82 bits per heavy atom. The molecule has 5 heterocycles. The molecule has 0 saturated carbocycles. The fourth-order valence-corrected chi connectivity index (χ4v) is 5.29. The van der Waals surface area contributed by atoms with E-state index in [-0.39, 0.29) is 5.91 Å². The molecule has 1 amide bonds. The first-order chi connectivity index (χ1) is 19.5. The second-order valence-corrected chi connectivity index (χ2v) is 10.0. The lowest BCUT2D eigenvalue weighted by molar-refractivity contribution is 0.0997. The maximum atomic E-state index is 13.7. The molecule has 0 spiro atoms. The normalized spacial score (nSPS) is 12.8. The van der Waals surface area contributed by atoms with Crippen molar-refractivity contribution >= 4 is 34.3 Å². The van der Waals surface area contributed by atoms with Crippen LogP contribution in [0, 0.1) is 13.8 Å². The van der Waals surface area contributed by atoms with Crippen LogP contribution in [-0.4, -0.2) is 35.6 Å². The van der Waals surface area contributed by atoms with Gasteiger partial charge in [0.05, 0.1) is 23.4 Å². The van der Waals surface area contributed by atoms with Gasteiger partial charge in [-0.2, -0.15) is 5.10 Å². The smallest absolute Gasteiger partial charge is 0.259 e. The van der Waals surface area contributed by atoms with Crippen LogP contribution >= 0.6 is 0 Å². The molecule has 0 saturated heterocycles. The highest BCUT2D eigenvalue weighted by atomic mass is 16.2. The summed E-state index contributed by atoms with van der Waals surface area (Å²) in [5.41, 5.74) is 9.24. The van der Waals surface area contributed by atoms with Gasteiger partial charge < -0.3 is 15.2 Å². The van der Waals surface area contributed by atoms with Crippen molar-refractivity contribution in [2.75, 3.05) is 10.2 Å². The van der Waals surface area contributed by atoms with Crippen molar-refractivity contribution in [1.29, 1.82) is 0 Å². The van der Waals surface area contributed by atoms with Gasteiger partial charge in [-0.1, -0.05) is 24.3 Å². The lowest BCUT2D eigenvalue weighted by Gasteiger charge is -2.17. The Labute approximate surface area is 230 Å². The van der Waals surface area contributed by atoms with E-state index in [0.717, 1.165) is 61.4 Å². The summed E-state index contributed by atoms with van der Waals surface area (Å²) in [5, 5.41) is 8.65. The van der Waals surface area contributed by atoms with Gasteiger partial charge in [-0.3, -0.25) is 14.5 Å². The number of carbonyl (C=O) groups excluding carboxylic acids is 1. The summed E-state index contributed by atoms with van der Waals surface area (Å²) >= 11 is 0. The molecule has 40 heavy (non-hydrogen) atoms. The third-order valence-corrected chi connectivity index (χ3v) is 7.49. The molecule has 0 fully saturated rings. The second kappa shape index (κ2) is 9.16. The van der Waals surface area contributed by atoms with Crippen molar-refractivity contribution in [2.24, 2.45) is 7.05 Å². The zero-order valence-corrected chi connectivity index (χ0v) is 22.3. The third kappa shape index (κ3) is 3.90. The van der Waals surface area contributed by atoms with E-state index in [2.05, 4.69) is 37.5 Å². The molecule has 1 aliphatic rings. The number of nitrogens with zero attached hydrogens (tertiary/aromatic N) is 6. The molecule has 6 aromatic rings. The number of hydrogen-bond acceptors (Lipinski definition) is 6.